The molecule has 1 aliphatic carbocycles. The molecule has 5 nitrogen and oxygen atoms in total. The highest BCUT2D eigenvalue weighted by molar-refractivity contribution is 5.88. The molecule has 19 heavy (non-hydrogen) atoms. The van der Waals surface area contributed by atoms with E-state index in [0.29, 0.717) is 0 Å². The molecule has 0 aromatic heterocycles. The third-order valence-electron chi connectivity index (χ3n) is 4.59. The van der Waals surface area contributed by atoms with Gasteiger partial charge in [0.05, 0.1) is 6.54 Å². The van der Waals surface area contributed by atoms with Gasteiger partial charge in [0, 0.05) is 31.6 Å². The summed E-state index contributed by atoms with van der Waals surface area (Å²) in [6.07, 6.45) is 5.08. The number of hydrogen-bond acceptors (Lipinski definition) is 3. The molecule has 1 heterocycles. The summed E-state index contributed by atoms with van der Waals surface area (Å²) in [6.45, 7) is 5.40. The molecule has 0 radical (unpaired) electrons. The van der Waals surface area contributed by atoms with E-state index >= 15 is 0 Å². The normalized spacial score (nSPS) is 22.3. The highest BCUT2D eigenvalue weighted by atomic mass is 16.2. The highest BCUT2D eigenvalue weighted by Gasteiger charge is 2.39. The zero-order valence-electron chi connectivity index (χ0n) is 11.8. The Bertz CT molecular complexity index is 332. The fraction of sp³-hybridized carbons (Fsp3) is 0.857. The minimum atomic E-state index is -0.205. The molecule has 108 valence electrons. The number of hydrogen-bond donors (Lipinski definition) is 2. The fourth-order valence-corrected chi connectivity index (χ4v) is 3.16. The number of carbonyl (C=O) groups is 2. The minimum Gasteiger partial charge on any atom is -0.347 e. The van der Waals surface area contributed by atoms with E-state index < -0.39 is 0 Å². The Hall–Kier alpha value is -1.10. The molecule has 5 heteroatoms. The Morgan fingerprint density at radius 3 is 2.42 bits per heavy atom. The summed E-state index contributed by atoms with van der Waals surface area (Å²) < 4.78 is 0. The molecule has 0 aromatic rings. The number of nitrogens with zero attached hydrogens (tertiary/aromatic N) is 1. The van der Waals surface area contributed by atoms with E-state index in [-0.39, 0.29) is 23.8 Å². The Balaban J connectivity index is 1.80. The van der Waals surface area contributed by atoms with Gasteiger partial charge in [0.25, 0.3) is 0 Å². The van der Waals surface area contributed by atoms with Crippen LogP contribution in [0.25, 0.3) is 0 Å². The van der Waals surface area contributed by atoms with Gasteiger partial charge in [-0.05, 0) is 19.3 Å². The smallest absolute Gasteiger partial charge is 0.242 e. The molecule has 0 spiro atoms. The van der Waals surface area contributed by atoms with E-state index in [0.717, 1.165) is 58.3 Å². The SMILES string of the molecule is CCC1(C(=O)NCC(=O)N2CCNCC2)CCCC1. The van der Waals surface area contributed by atoms with Gasteiger partial charge >= 0.3 is 0 Å². The molecule has 1 saturated carbocycles. The van der Waals surface area contributed by atoms with Crippen LogP contribution in [0.1, 0.15) is 39.0 Å². The van der Waals surface area contributed by atoms with Crippen LogP contribution >= 0.6 is 0 Å². The lowest BCUT2D eigenvalue weighted by Gasteiger charge is -2.29. The summed E-state index contributed by atoms with van der Waals surface area (Å²) in [5.41, 5.74) is -0.205. The summed E-state index contributed by atoms with van der Waals surface area (Å²) in [4.78, 5) is 26.1. The average Bonchev–Trinajstić information content (AvgIpc) is 2.95. The van der Waals surface area contributed by atoms with Gasteiger partial charge in [-0.1, -0.05) is 19.8 Å². The van der Waals surface area contributed by atoms with Crippen LogP contribution in [0.15, 0.2) is 0 Å². The average molecular weight is 267 g/mol. The molecular formula is C14H25N3O2. The Kier molecular flexibility index (Phi) is 4.80. The van der Waals surface area contributed by atoms with Crippen LogP contribution in [0.4, 0.5) is 0 Å². The predicted molar refractivity (Wildman–Crippen MR) is 73.7 cm³/mol. The lowest BCUT2D eigenvalue weighted by atomic mass is 9.82. The standard InChI is InChI=1S/C14H25N3O2/c1-2-14(5-3-4-6-14)13(19)16-11-12(18)17-9-7-15-8-10-17/h15H,2-11H2,1H3,(H,16,19). The Morgan fingerprint density at radius 1 is 1.21 bits per heavy atom. The van der Waals surface area contributed by atoms with Crippen molar-refractivity contribution >= 4 is 11.8 Å². The molecule has 2 N–H and O–H groups in total. The summed E-state index contributed by atoms with van der Waals surface area (Å²) in [5, 5.41) is 6.08. The van der Waals surface area contributed by atoms with Crippen LogP contribution < -0.4 is 10.6 Å². The first-order valence-electron chi connectivity index (χ1n) is 7.45. The maximum Gasteiger partial charge on any atom is 0.242 e. The van der Waals surface area contributed by atoms with Crippen molar-refractivity contribution in [3.63, 3.8) is 0 Å². The lowest BCUT2D eigenvalue weighted by Crippen LogP contribution is -2.50. The monoisotopic (exact) mass is 267 g/mol. The molecule has 2 amide bonds. The first kappa shape index (κ1) is 14.3. The van der Waals surface area contributed by atoms with Gasteiger partial charge in [-0.2, -0.15) is 0 Å². The van der Waals surface area contributed by atoms with E-state index in [4.69, 9.17) is 0 Å². The minimum absolute atomic E-state index is 0.0408. The molecule has 2 fully saturated rings. The van der Waals surface area contributed by atoms with E-state index in [1.54, 1.807) is 0 Å². The topological polar surface area (TPSA) is 61.4 Å². The second kappa shape index (κ2) is 6.37. The van der Waals surface area contributed by atoms with Crippen LogP contribution in [-0.4, -0.2) is 49.4 Å². The molecular weight excluding hydrogens is 242 g/mol. The van der Waals surface area contributed by atoms with Crippen molar-refractivity contribution in [2.45, 2.75) is 39.0 Å². The van der Waals surface area contributed by atoms with Crippen LogP contribution in [0, 0.1) is 5.41 Å². The van der Waals surface area contributed by atoms with Crippen molar-refractivity contribution in [3.05, 3.63) is 0 Å². The molecule has 1 aliphatic heterocycles. The van der Waals surface area contributed by atoms with Crippen LogP contribution in [-0.2, 0) is 9.59 Å². The lowest BCUT2D eigenvalue weighted by molar-refractivity contribution is -0.136. The number of carbonyl (C=O) groups excluding carboxylic acids is 2. The molecule has 0 aromatic carbocycles. The third kappa shape index (κ3) is 3.26. The maximum atomic E-state index is 12.3. The summed E-state index contributed by atoms with van der Waals surface area (Å²) in [5.74, 6) is 0.120. The largest absolute Gasteiger partial charge is 0.347 e. The van der Waals surface area contributed by atoms with Gasteiger partial charge in [0.2, 0.25) is 11.8 Å². The van der Waals surface area contributed by atoms with Gasteiger partial charge < -0.3 is 15.5 Å². The summed E-state index contributed by atoms with van der Waals surface area (Å²) >= 11 is 0. The Morgan fingerprint density at radius 2 is 1.84 bits per heavy atom. The number of amides is 2. The van der Waals surface area contributed by atoms with Crippen molar-refractivity contribution < 1.29 is 9.59 Å². The number of nitrogens with one attached hydrogen (secondary N) is 2. The first-order chi connectivity index (χ1) is 9.18. The molecule has 2 rings (SSSR count). The summed E-state index contributed by atoms with van der Waals surface area (Å²) in [7, 11) is 0. The van der Waals surface area contributed by atoms with E-state index in [2.05, 4.69) is 17.6 Å². The zero-order chi connectivity index (χ0) is 13.7. The van der Waals surface area contributed by atoms with Crippen molar-refractivity contribution in [1.82, 2.24) is 15.5 Å². The van der Waals surface area contributed by atoms with Gasteiger partial charge in [-0.3, -0.25) is 9.59 Å². The van der Waals surface area contributed by atoms with Crippen LogP contribution in [0.5, 0.6) is 0 Å². The van der Waals surface area contributed by atoms with E-state index in [1.807, 2.05) is 4.90 Å². The van der Waals surface area contributed by atoms with E-state index in [1.165, 1.54) is 0 Å². The van der Waals surface area contributed by atoms with Crippen LogP contribution in [0.3, 0.4) is 0 Å². The van der Waals surface area contributed by atoms with Gasteiger partial charge in [0.1, 0.15) is 0 Å². The van der Waals surface area contributed by atoms with Crippen molar-refractivity contribution in [2.75, 3.05) is 32.7 Å². The molecule has 0 atom stereocenters. The van der Waals surface area contributed by atoms with E-state index in [9.17, 15) is 9.59 Å². The van der Waals surface area contributed by atoms with Gasteiger partial charge in [0.15, 0.2) is 0 Å². The first-order valence-corrected chi connectivity index (χ1v) is 7.45. The third-order valence-corrected chi connectivity index (χ3v) is 4.59. The molecule has 1 saturated heterocycles. The quantitative estimate of drug-likeness (QED) is 0.780. The fourth-order valence-electron chi connectivity index (χ4n) is 3.16. The number of piperazine rings is 1. The highest BCUT2D eigenvalue weighted by Crippen LogP contribution is 2.40. The van der Waals surface area contributed by atoms with Crippen molar-refractivity contribution in [2.24, 2.45) is 5.41 Å². The van der Waals surface area contributed by atoms with Crippen LogP contribution in [0.2, 0.25) is 0 Å². The Labute approximate surface area is 115 Å². The number of rotatable bonds is 4. The second-order valence-electron chi connectivity index (χ2n) is 5.65. The zero-order valence-corrected chi connectivity index (χ0v) is 11.8. The van der Waals surface area contributed by atoms with Gasteiger partial charge in [-0.15, -0.1) is 0 Å². The van der Waals surface area contributed by atoms with Gasteiger partial charge in [-0.25, -0.2) is 0 Å². The maximum absolute atomic E-state index is 12.3. The predicted octanol–water partition coefficient (Wildman–Crippen LogP) is 0.505. The molecule has 0 bridgehead atoms. The summed E-state index contributed by atoms with van der Waals surface area (Å²) in [6, 6.07) is 0. The van der Waals surface area contributed by atoms with Crippen molar-refractivity contribution in [3.8, 4) is 0 Å². The molecule has 2 aliphatic rings. The molecule has 0 unspecified atom stereocenters. The second-order valence-corrected chi connectivity index (χ2v) is 5.65. The van der Waals surface area contributed by atoms with Crippen molar-refractivity contribution in [1.29, 1.82) is 0 Å².